The molecule has 5 nitrogen and oxygen atoms in total. The molecule has 3 amide bonds. The van der Waals surface area contributed by atoms with Crippen LogP contribution in [0.3, 0.4) is 0 Å². The summed E-state index contributed by atoms with van der Waals surface area (Å²) in [7, 11) is 1.40. The number of imide groups is 1. The number of urea groups is 1. The molecule has 0 radical (unpaired) electrons. The number of hydrogen-bond acceptors (Lipinski definition) is 3. The molecule has 1 aliphatic rings. The van der Waals surface area contributed by atoms with E-state index >= 15 is 0 Å². The number of hydrogen-bond donors (Lipinski definition) is 0. The number of nitrogens with zero attached hydrogens (tertiary/aromatic N) is 3. The van der Waals surface area contributed by atoms with Gasteiger partial charge in [0.15, 0.2) is 0 Å². The molecule has 1 aliphatic heterocycles. The first-order valence-corrected chi connectivity index (χ1v) is 7.49. The zero-order valence-electron chi connectivity index (χ0n) is 12.1. The standard InChI is InChI=1S/C14H11BrF3N3O2/c1-13(7-15)11(22)21(12(23)20(13)2)9-4-3-8(6-19)10(5-9)14(16,17)18/h3-5H,7H2,1-2H3/t13-/m0/s1. The van der Waals surface area contributed by atoms with Crippen molar-refractivity contribution in [2.75, 3.05) is 17.3 Å². The molecule has 122 valence electrons. The summed E-state index contributed by atoms with van der Waals surface area (Å²) < 4.78 is 39.1. The molecule has 1 saturated heterocycles. The van der Waals surface area contributed by atoms with E-state index in [9.17, 15) is 22.8 Å². The Balaban J connectivity index is 2.58. The lowest BCUT2D eigenvalue weighted by molar-refractivity contribution is -0.137. The molecule has 1 aromatic carbocycles. The molecule has 1 atom stereocenters. The molecule has 0 bridgehead atoms. The summed E-state index contributed by atoms with van der Waals surface area (Å²) in [6, 6.07) is 3.46. The van der Waals surface area contributed by atoms with Crippen LogP contribution >= 0.6 is 15.9 Å². The fourth-order valence-electron chi connectivity index (χ4n) is 2.21. The van der Waals surface area contributed by atoms with Crippen molar-refractivity contribution in [3.05, 3.63) is 29.3 Å². The number of anilines is 1. The normalized spacial score (nSPS) is 21.8. The van der Waals surface area contributed by atoms with Crippen LogP contribution in [-0.4, -0.2) is 34.8 Å². The van der Waals surface area contributed by atoms with Gasteiger partial charge >= 0.3 is 12.2 Å². The van der Waals surface area contributed by atoms with Crippen LogP contribution in [0.4, 0.5) is 23.7 Å². The van der Waals surface area contributed by atoms with Crippen LogP contribution in [0.2, 0.25) is 0 Å². The first-order chi connectivity index (χ1) is 10.6. The SMILES string of the molecule is CN1C(=O)N(c2ccc(C#N)c(C(F)(F)F)c2)C(=O)[C@]1(C)CBr. The first-order valence-electron chi connectivity index (χ1n) is 6.37. The molecule has 9 heteroatoms. The van der Waals surface area contributed by atoms with Crippen molar-refractivity contribution in [2.45, 2.75) is 18.6 Å². The zero-order chi connectivity index (χ0) is 17.6. The Bertz CT molecular complexity index is 729. The van der Waals surface area contributed by atoms with E-state index in [1.54, 1.807) is 0 Å². The van der Waals surface area contributed by atoms with E-state index in [0.29, 0.717) is 11.0 Å². The van der Waals surface area contributed by atoms with Gasteiger partial charge in [-0.25, -0.2) is 9.69 Å². The van der Waals surface area contributed by atoms with Crippen LogP contribution in [-0.2, 0) is 11.0 Å². The van der Waals surface area contributed by atoms with Gasteiger partial charge in [-0.3, -0.25) is 4.79 Å². The summed E-state index contributed by atoms with van der Waals surface area (Å²) in [6.07, 6.45) is -4.77. The van der Waals surface area contributed by atoms with E-state index in [1.807, 2.05) is 0 Å². The largest absolute Gasteiger partial charge is 0.417 e. The predicted molar refractivity (Wildman–Crippen MR) is 79.0 cm³/mol. The number of rotatable bonds is 2. The van der Waals surface area contributed by atoms with Crippen molar-refractivity contribution in [3.8, 4) is 6.07 Å². The lowest BCUT2D eigenvalue weighted by Crippen LogP contribution is -2.46. The van der Waals surface area contributed by atoms with Crippen molar-refractivity contribution in [3.63, 3.8) is 0 Å². The first kappa shape index (κ1) is 17.3. The molecule has 0 aromatic heterocycles. The number of nitriles is 1. The number of carbonyl (C=O) groups is 2. The fraction of sp³-hybridized carbons (Fsp3) is 0.357. The summed E-state index contributed by atoms with van der Waals surface area (Å²) in [5.74, 6) is -0.639. The van der Waals surface area contributed by atoms with Gasteiger partial charge in [0.1, 0.15) is 5.54 Å². The van der Waals surface area contributed by atoms with Crippen LogP contribution in [0.25, 0.3) is 0 Å². The molecular weight excluding hydrogens is 379 g/mol. The Hall–Kier alpha value is -2.08. The summed E-state index contributed by atoms with van der Waals surface area (Å²) in [6.45, 7) is 1.51. The maximum Gasteiger partial charge on any atom is 0.417 e. The maximum absolute atomic E-state index is 13.0. The topological polar surface area (TPSA) is 64.4 Å². The summed E-state index contributed by atoms with van der Waals surface area (Å²) >= 11 is 3.15. The van der Waals surface area contributed by atoms with E-state index in [4.69, 9.17) is 5.26 Å². The summed E-state index contributed by atoms with van der Waals surface area (Å²) in [5.41, 5.74) is -3.17. The number of benzene rings is 1. The third-order valence-corrected chi connectivity index (χ3v) is 4.92. The van der Waals surface area contributed by atoms with Gasteiger partial charge in [-0.05, 0) is 25.1 Å². The van der Waals surface area contributed by atoms with Crippen molar-refractivity contribution < 1.29 is 22.8 Å². The number of alkyl halides is 4. The lowest BCUT2D eigenvalue weighted by atomic mass is 10.0. The second-order valence-electron chi connectivity index (χ2n) is 5.23. The monoisotopic (exact) mass is 389 g/mol. The molecular formula is C14H11BrF3N3O2. The molecule has 1 heterocycles. The molecule has 1 aromatic rings. The quantitative estimate of drug-likeness (QED) is 0.576. The summed E-state index contributed by atoms with van der Waals surface area (Å²) in [5, 5.41) is 8.93. The van der Waals surface area contributed by atoms with Gasteiger partial charge in [0.05, 0.1) is 22.9 Å². The molecule has 23 heavy (non-hydrogen) atoms. The van der Waals surface area contributed by atoms with Gasteiger partial charge < -0.3 is 4.90 Å². The van der Waals surface area contributed by atoms with Gasteiger partial charge in [-0.1, -0.05) is 15.9 Å². The van der Waals surface area contributed by atoms with Crippen molar-refractivity contribution in [1.29, 1.82) is 5.26 Å². The highest BCUT2D eigenvalue weighted by atomic mass is 79.9. The Labute approximate surface area is 138 Å². The average Bonchev–Trinajstić information content (AvgIpc) is 2.67. The highest BCUT2D eigenvalue weighted by molar-refractivity contribution is 9.09. The molecule has 1 fully saturated rings. The lowest BCUT2D eigenvalue weighted by Gasteiger charge is -2.25. The van der Waals surface area contributed by atoms with Crippen LogP contribution in [0.15, 0.2) is 18.2 Å². The predicted octanol–water partition coefficient (Wildman–Crippen LogP) is 3.13. The Kier molecular flexibility index (Phi) is 4.15. The van der Waals surface area contributed by atoms with Gasteiger partial charge in [0, 0.05) is 12.4 Å². The minimum atomic E-state index is -4.77. The number of likely N-dealkylation sites (N-methyl/N-ethyl adjacent to an activating group) is 1. The minimum Gasteiger partial charge on any atom is -0.312 e. The van der Waals surface area contributed by atoms with Crippen LogP contribution in [0.1, 0.15) is 18.1 Å². The molecule has 0 N–H and O–H groups in total. The van der Waals surface area contributed by atoms with Crippen molar-refractivity contribution >= 4 is 33.6 Å². The van der Waals surface area contributed by atoms with E-state index in [2.05, 4.69) is 15.9 Å². The van der Waals surface area contributed by atoms with Gasteiger partial charge in [-0.2, -0.15) is 18.4 Å². The van der Waals surface area contributed by atoms with Gasteiger partial charge in [0.2, 0.25) is 0 Å². The van der Waals surface area contributed by atoms with Crippen molar-refractivity contribution in [2.24, 2.45) is 0 Å². The van der Waals surface area contributed by atoms with E-state index in [-0.39, 0.29) is 11.0 Å². The second kappa shape index (κ2) is 5.53. The highest BCUT2D eigenvalue weighted by Crippen LogP contribution is 2.37. The maximum atomic E-state index is 13.0. The highest BCUT2D eigenvalue weighted by Gasteiger charge is 2.52. The Morgan fingerprint density at radius 1 is 1.35 bits per heavy atom. The van der Waals surface area contributed by atoms with Crippen LogP contribution < -0.4 is 4.90 Å². The fourth-order valence-corrected chi connectivity index (χ4v) is 2.83. The van der Waals surface area contributed by atoms with E-state index in [0.717, 1.165) is 17.0 Å². The second-order valence-corrected chi connectivity index (χ2v) is 5.79. The third-order valence-electron chi connectivity index (χ3n) is 3.83. The Morgan fingerprint density at radius 3 is 2.39 bits per heavy atom. The zero-order valence-corrected chi connectivity index (χ0v) is 13.7. The Morgan fingerprint density at radius 2 is 1.96 bits per heavy atom. The smallest absolute Gasteiger partial charge is 0.312 e. The number of halogens is 4. The van der Waals surface area contributed by atoms with Gasteiger partial charge in [0.25, 0.3) is 5.91 Å². The molecule has 2 rings (SSSR count). The van der Waals surface area contributed by atoms with E-state index < -0.39 is 34.8 Å². The third kappa shape index (κ3) is 2.57. The number of amides is 3. The number of carbonyl (C=O) groups excluding carboxylic acids is 2. The van der Waals surface area contributed by atoms with Crippen LogP contribution in [0, 0.1) is 11.3 Å². The minimum absolute atomic E-state index is 0.139. The molecule has 0 saturated carbocycles. The summed E-state index contributed by atoms with van der Waals surface area (Å²) in [4.78, 5) is 26.6. The van der Waals surface area contributed by atoms with Crippen molar-refractivity contribution in [1.82, 2.24) is 4.90 Å². The van der Waals surface area contributed by atoms with Gasteiger partial charge in [-0.15, -0.1) is 0 Å². The molecule has 0 aliphatic carbocycles. The van der Waals surface area contributed by atoms with Crippen LogP contribution in [0.5, 0.6) is 0 Å². The average molecular weight is 390 g/mol. The van der Waals surface area contributed by atoms with E-state index in [1.165, 1.54) is 20.0 Å². The molecule has 0 unspecified atom stereocenters. The molecule has 0 spiro atoms.